The number of carbonyl (C=O) groups is 1. The molecule has 140 valence electrons. The monoisotopic (exact) mass is 368 g/mol. The fraction of sp³-hybridized carbons (Fsp3) is 0.368. The van der Waals surface area contributed by atoms with Crippen LogP contribution in [0.1, 0.15) is 41.2 Å². The lowest BCUT2D eigenvalue weighted by Crippen LogP contribution is -2.40. The van der Waals surface area contributed by atoms with Crippen LogP contribution in [0.4, 0.5) is 4.39 Å². The topological polar surface area (TPSA) is 75.4 Å². The Labute approximate surface area is 156 Å². The lowest BCUT2D eigenvalue weighted by atomic mass is 10.0. The van der Waals surface area contributed by atoms with Gasteiger partial charge in [0.2, 0.25) is 0 Å². The third-order valence-corrected chi connectivity index (χ3v) is 5.01. The van der Waals surface area contributed by atoms with Crippen molar-refractivity contribution in [3.63, 3.8) is 0 Å². The second kappa shape index (κ2) is 7.79. The number of piperidine rings is 1. The molecule has 0 radical (unpaired) electrons. The average Bonchev–Trinajstić information content (AvgIpc) is 3.19. The number of halogens is 1. The highest BCUT2D eigenvalue weighted by Gasteiger charge is 2.23. The molecule has 0 saturated carbocycles. The molecular formula is C19H21FN6O. The molecule has 1 amide bonds. The van der Waals surface area contributed by atoms with Gasteiger partial charge in [-0.15, -0.1) is 5.10 Å². The van der Waals surface area contributed by atoms with Crippen LogP contribution >= 0.6 is 0 Å². The first-order valence-electron chi connectivity index (χ1n) is 9.17. The molecule has 1 fully saturated rings. The van der Waals surface area contributed by atoms with Crippen LogP contribution in [-0.2, 0) is 0 Å². The van der Waals surface area contributed by atoms with E-state index in [4.69, 9.17) is 0 Å². The van der Waals surface area contributed by atoms with E-state index in [1.165, 1.54) is 23.1 Å². The van der Waals surface area contributed by atoms with Crippen molar-refractivity contribution in [2.45, 2.75) is 25.3 Å². The van der Waals surface area contributed by atoms with Crippen LogP contribution in [0.25, 0.3) is 5.65 Å². The van der Waals surface area contributed by atoms with Gasteiger partial charge in [-0.1, -0.05) is 18.6 Å². The SMILES string of the molecule is O=C(NCC(c1ccc(F)cc1)N1CCCCC1)c1cccn2nnnc12. The predicted molar refractivity (Wildman–Crippen MR) is 97.7 cm³/mol. The van der Waals surface area contributed by atoms with Crippen molar-refractivity contribution in [3.8, 4) is 0 Å². The highest BCUT2D eigenvalue weighted by Crippen LogP contribution is 2.24. The molecule has 2 aromatic heterocycles. The van der Waals surface area contributed by atoms with Crippen LogP contribution in [-0.4, -0.2) is 50.5 Å². The molecule has 3 aromatic rings. The number of benzene rings is 1. The number of tetrazole rings is 1. The van der Waals surface area contributed by atoms with Gasteiger partial charge in [-0.2, -0.15) is 4.52 Å². The van der Waals surface area contributed by atoms with Gasteiger partial charge >= 0.3 is 0 Å². The number of rotatable bonds is 5. The number of nitrogens with one attached hydrogen (secondary N) is 1. The summed E-state index contributed by atoms with van der Waals surface area (Å²) in [5.74, 6) is -0.481. The number of hydrogen-bond donors (Lipinski definition) is 1. The van der Waals surface area contributed by atoms with Crippen molar-refractivity contribution in [1.82, 2.24) is 30.3 Å². The highest BCUT2D eigenvalue weighted by molar-refractivity contribution is 5.99. The largest absolute Gasteiger partial charge is 0.350 e. The third kappa shape index (κ3) is 3.80. The lowest BCUT2D eigenvalue weighted by molar-refractivity contribution is 0.0925. The zero-order valence-electron chi connectivity index (χ0n) is 14.9. The van der Waals surface area contributed by atoms with Gasteiger partial charge < -0.3 is 5.32 Å². The molecule has 1 aliphatic heterocycles. The van der Waals surface area contributed by atoms with Gasteiger partial charge in [-0.3, -0.25) is 9.69 Å². The molecule has 3 heterocycles. The van der Waals surface area contributed by atoms with Gasteiger partial charge in [-0.05, 0) is 66.2 Å². The summed E-state index contributed by atoms with van der Waals surface area (Å²) in [5, 5.41) is 14.3. The Morgan fingerprint density at radius 1 is 1.15 bits per heavy atom. The average molecular weight is 368 g/mol. The summed E-state index contributed by atoms with van der Waals surface area (Å²) in [6, 6.07) is 9.97. The lowest BCUT2D eigenvalue weighted by Gasteiger charge is -2.35. The number of amides is 1. The Kier molecular flexibility index (Phi) is 5.06. The summed E-state index contributed by atoms with van der Waals surface area (Å²) in [7, 11) is 0. The summed E-state index contributed by atoms with van der Waals surface area (Å²) < 4.78 is 14.8. The minimum absolute atomic E-state index is 0.00516. The number of pyridine rings is 1. The van der Waals surface area contributed by atoms with E-state index < -0.39 is 0 Å². The molecule has 8 heteroatoms. The fourth-order valence-electron chi connectivity index (χ4n) is 3.60. The summed E-state index contributed by atoms with van der Waals surface area (Å²) in [6.45, 7) is 2.39. The number of carbonyl (C=O) groups excluding carboxylic acids is 1. The molecule has 1 N–H and O–H groups in total. The van der Waals surface area contributed by atoms with E-state index in [1.54, 1.807) is 30.5 Å². The standard InChI is InChI=1S/C19H21FN6O/c20-15-8-6-14(7-9-15)17(25-10-2-1-3-11-25)13-21-19(27)16-5-4-12-26-18(16)22-23-24-26/h4-9,12,17H,1-3,10-11,13H2,(H,21,27). The van der Waals surface area contributed by atoms with E-state index in [-0.39, 0.29) is 17.8 Å². The molecular weight excluding hydrogens is 347 g/mol. The van der Waals surface area contributed by atoms with E-state index in [1.807, 2.05) is 0 Å². The molecule has 1 saturated heterocycles. The van der Waals surface area contributed by atoms with Gasteiger partial charge in [0.05, 0.1) is 11.6 Å². The summed E-state index contributed by atoms with van der Waals surface area (Å²) >= 11 is 0. The maximum absolute atomic E-state index is 13.3. The number of hydrogen-bond acceptors (Lipinski definition) is 5. The Bertz CT molecular complexity index is 919. The van der Waals surface area contributed by atoms with E-state index in [2.05, 4.69) is 25.7 Å². The minimum atomic E-state index is -0.258. The zero-order chi connectivity index (χ0) is 18.6. The van der Waals surface area contributed by atoms with Gasteiger partial charge in [0.25, 0.3) is 5.91 Å². The van der Waals surface area contributed by atoms with Crippen molar-refractivity contribution in [1.29, 1.82) is 0 Å². The van der Waals surface area contributed by atoms with Crippen LogP contribution in [0.2, 0.25) is 0 Å². The normalized spacial score (nSPS) is 16.3. The van der Waals surface area contributed by atoms with E-state index in [0.29, 0.717) is 17.8 Å². The van der Waals surface area contributed by atoms with Crippen LogP contribution in [0.15, 0.2) is 42.6 Å². The van der Waals surface area contributed by atoms with Gasteiger partial charge in [0, 0.05) is 12.7 Å². The maximum Gasteiger partial charge on any atom is 0.255 e. The Morgan fingerprint density at radius 3 is 2.70 bits per heavy atom. The third-order valence-electron chi connectivity index (χ3n) is 5.01. The molecule has 1 atom stereocenters. The van der Waals surface area contributed by atoms with Crippen molar-refractivity contribution in [2.24, 2.45) is 0 Å². The van der Waals surface area contributed by atoms with Crippen LogP contribution in [0, 0.1) is 5.82 Å². The number of nitrogens with zero attached hydrogens (tertiary/aromatic N) is 5. The number of aromatic nitrogens is 4. The minimum Gasteiger partial charge on any atom is -0.350 e. The molecule has 0 spiro atoms. The number of likely N-dealkylation sites (tertiary alicyclic amines) is 1. The molecule has 1 aliphatic rings. The fourth-order valence-corrected chi connectivity index (χ4v) is 3.60. The first kappa shape index (κ1) is 17.5. The second-order valence-corrected chi connectivity index (χ2v) is 6.74. The van der Waals surface area contributed by atoms with Crippen molar-refractivity contribution in [2.75, 3.05) is 19.6 Å². The van der Waals surface area contributed by atoms with E-state index in [9.17, 15) is 9.18 Å². The van der Waals surface area contributed by atoms with Crippen LogP contribution in [0.5, 0.6) is 0 Å². The first-order valence-corrected chi connectivity index (χ1v) is 9.17. The smallest absolute Gasteiger partial charge is 0.255 e. The quantitative estimate of drug-likeness (QED) is 0.747. The predicted octanol–water partition coefficient (Wildman–Crippen LogP) is 2.22. The molecule has 27 heavy (non-hydrogen) atoms. The second-order valence-electron chi connectivity index (χ2n) is 6.74. The molecule has 7 nitrogen and oxygen atoms in total. The van der Waals surface area contributed by atoms with Gasteiger partial charge in [-0.25, -0.2) is 4.39 Å². The van der Waals surface area contributed by atoms with Crippen molar-refractivity contribution < 1.29 is 9.18 Å². The Hall–Kier alpha value is -2.87. The Morgan fingerprint density at radius 2 is 1.93 bits per heavy atom. The maximum atomic E-state index is 13.3. The summed E-state index contributed by atoms with van der Waals surface area (Å²) in [5.41, 5.74) is 1.85. The van der Waals surface area contributed by atoms with Gasteiger partial charge in [0.1, 0.15) is 5.82 Å². The van der Waals surface area contributed by atoms with E-state index >= 15 is 0 Å². The zero-order valence-corrected chi connectivity index (χ0v) is 14.9. The van der Waals surface area contributed by atoms with Crippen molar-refractivity contribution >= 4 is 11.6 Å². The van der Waals surface area contributed by atoms with Crippen LogP contribution in [0.3, 0.4) is 0 Å². The summed E-state index contributed by atoms with van der Waals surface area (Å²) in [4.78, 5) is 15.1. The first-order chi connectivity index (χ1) is 13.2. The van der Waals surface area contributed by atoms with E-state index in [0.717, 1.165) is 31.5 Å². The highest BCUT2D eigenvalue weighted by atomic mass is 19.1. The molecule has 4 rings (SSSR count). The number of fused-ring (bicyclic) bond motifs is 1. The Balaban J connectivity index is 1.53. The molecule has 1 aromatic carbocycles. The summed E-state index contributed by atoms with van der Waals surface area (Å²) in [6.07, 6.45) is 5.19. The van der Waals surface area contributed by atoms with Crippen LogP contribution < -0.4 is 5.32 Å². The molecule has 1 unspecified atom stereocenters. The molecule has 0 aliphatic carbocycles. The molecule has 0 bridgehead atoms. The van der Waals surface area contributed by atoms with Crippen molar-refractivity contribution in [3.05, 3.63) is 59.5 Å². The van der Waals surface area contributed by atoms with Gasteiger partial charge in [0.15, 0.2) is 5.65 Å².